The fraction of sp³-hybridized carbons (Fsp3) is 0. The van der Waals surface area contributed by atoms with Gasteiger partial charge in [-0.15, -0.1) is 0 Å². The van der Waals surface area contributed by atoms with Crippen LogP contribution < -0.4 is 10.8 Å². The number of hydrogen-bond donors (Lipinski definition) is 0. The zero-order valence-corrected chi connectivity index (χ0v) is 7.99. The highest BCUT2D eigenvalue weighted by Crippen LogP contribution is 2.21. The van der Waals surface area contributed by atoms with Gasteiger partial charge in [0.05, 0.1) is 5.22 Å². The molecule has 0 fully saturated rings. The molecule has 2 nitrogen and oxygen atoms in total. The summed E-state index contributed by atoms with van der Waals surface area (Å²) in [5.74, 6) is 0. The zero-order valence-electron chi connectivity index (χ0n) is 7.99. The van der Waals surface area contributed by atoms with Gasteiger partial charge in [0.1, 0.15) is 5.58 Å². The normalized spacial score (nSPS) is 11.2. The van der Waals surface area contributed by atoms with Gasteiger partial charge in [-0.1, -0.05) is 43.0 Å². The van der Waals surface area contributed by atoms with Gasteiger partial charge in [0.15, 0.2) is 0 Å². The van der Waals surface area contributed by atoms with Crippen molar-refractivity contribution in [1.82, 2.24) is 0 Å². The molecule has 0 saturated carbocycles. The molecule has 2 aromatic carbocycles. The lowest BCUT2D eigenvalue weighted by Gasteiger charge is -1.81. The van der Waals surface area contributed by atoms with Gasteiger partial charge in [0.2, 0.25) is 0 Å². The summed E-state index contributed by atoms with van der Waals surface area (Å²) in [6.45, 7) is 3.72. The molecule has 72 valence electrons. The highest BCUT2D eigenvalue weighted by Gasteiger charge is 2.06. The van der Waals surface area contributed by atoms with Crippen molar-refractivity contribution < 1.29 is 4.42 Å². The van der Waals surface area contributed by atoms with Crippen LogP contribution in [0.2, 0.25) is 0 Å². The Morgan fingerprint density at radius 1 is 1.00 bits per heavy atom. The molecule has 0 amide bonds. The third kappa shape index (κ3) is 1.02. The molecule has 0 aliphatic heterocycles. The average Bonchev–Trinajstić information content (AvgIpc) is 2.73. The van der Waals surface area contributed by atoms with E-state index < -0.39 is 0 Å². The van der Waals surface area contributed by atoms with Gasteiger partial charge < -0.3 is 4.42 Å². The van der Waals surface area contributed by atoms with Crippen molar-refractivity contribution in [2.24, 2.45) is 0 Å². The van der Waals surface area contributed by atoms with Crippen LogP contribution in [0.4, 0.5) is 0 Å². The summed E-state index contributed by atoms with van der Waals surface area (Å²) in [5, 5.41) is 3.26. The molecule has 0 spiro atoms. The number of fused-ring (bicyclic) bond motifs is 3. The maximum absolute atomic E-state index is 11.4. The zero-order chi connectivity index (χ0) is 10.4. The first kappa shape index (κ1) is 8.24. The molecule has 0 bridgehead atoms. The van der Waals surface area contributed by atoms with Crippen LogP contribution in [0.3, 0.4) is 0 Å². The fourth-order valence-electron chi connectivity index (χ4n) is 1.87. The van der Waals surface area contributed by atoms with Gasteiger partial charge in [-0.3, -0.25) is 0 Å². The quantitative estimate of drug-likeness (QED) is 0.551. The molecule has 1 heterocycles. The molecule has 15 heavy (non-hydrogen) atoms. The molecule has 0 atom stereocenters. The van der Waals surface area contributed by atoms with E-state index >= 15 is 0 Å². The number of furan rings is 1. The summed E-state index contributed by atoms with van der Waals surface area (Å²) in [6, 6.07) is 11.6. The Morgan fingerprint density at radius 2 is 1.67 bits per heavy atom. The molecule has 0 unspecified atom stereocenters. The van der Waals surface area contributed by atoms with Crippen LogP contribution in [0.15, 0.2) is 45.6 Å². The largest absolute Gasteiger partial charge is 0.422 e. The van der Waals surface area contributed by atoms with Gasteiger partial charge in [-0.05, 0) is 5.39 Å². The second kappa shape index (κ2) is 2.70. The molecule has 1 aromatic heterocycles. The molecule has 0 aliphatic rings. The van der Waals surface area contributed by atoms with Crippen molar-refractivity contribution in [3.63, 3.8) is 0 Å². The average molecular weight is 196 g/mol. The third-order valence-corrected chi connectivity index (χ3v) is 2.64. The molecule has 0 aliphatic carbocycles. The van der Waals surface area contributed by atoms with Gasteiger partial charge in [-0.2, -0.15) is 0 Å². The summed E-state index contributed by atoms with van der Waals surface area (Å²) in [4.78, 5) is 11.4. The monoisotopic (exact) mass is 196 g/mol. The van der Waals surface area contributed by atoms with E-state index in [0.717, 1.165) is 16.2 Å². The maximum Gasteiger partial charge on any atom is 0.343 e. The molecule has 3 rings (SSSR count). The van der Waals surface area contributed by atoms with Gasteiger partial charge in [0.25, 0.3) is 0 Å². The summed E-state index contributed by atoms with van der Waals surface area (Å²) in [7, 11) is 0. The maximum atomic E-state index is 11.4. The van der Waals surface area contributed by atoms with E-state index in [4.69, 9.17) is 4.42 Å². The summed E-state index contributed by atoms with van der Waals surface area (Å²) in [6.07, 6.45) is 0. The smallest absolute Gasteiger partial charge is 0.343 e. The van der Waals surface area contributed by atoms with Crippen LogP contribution in [0.1, 0.15) is 0 Å². The van der Waals surface area contributed by atoms with Crippen molar-refractivity contribution in [3.8, 4) is 0 Å². The van der Waals surface area contributed by atoms with Crippen LogP contribution in [-0.2, 0) is 0 Å². The lowest BCUT2D eigenvalue weighted by Crippen LogP contribution is -2.15. The Balaban J connectivity index is 2.79. The first-order valence-corrected chi connectivity index (χ1v) is 4.70. The first-order valence-electron chi connectivity index (χ1n) is 4.70. The summed E-state index contributed by atoms with van der Waals surface area (Å²) in [5.41, 5.74) is 0.286. The first-order chi connectivity index (χ1) is 7.27. The number of hydrogen-bond acceptors (Lipinski definition) is 2. The molecular weight excluding hydrogens is 188 g/mol. The summed E-state index contributed by atoms with van der Waals surface area (Å²) < 4.78 is 5.21. The van der Waals surface area contributed by atoms with Gasteiger partial charge in [-0.25, -0.2) is 4.79 Å². The summed E-state index contributed by atoms with van der Waals surface area (Å²) >= 11 is 0. The predicted molar refractivity (Wildman–Crippen MR) is 60.7 cm³/mol. The van der Waals surface area contributed by atoms with E-state index in [1.54, 1.807) is 0 Å². The molecule has 3 aromatic rings. The predicted octanol–water partition coefficient (Wildman–Crippen LogP) is 2.08. The molecule has 0 radical (unpaired) electrons. The Labute approximate surface area is 85.4 Å². The topological polar surface area (TPSA) is 30.2 Å². The van der Waals surface area contributed by atoms with Gasteiger partial charge in [0, 0.05) is 10.8 Å². The Bertz CT molecular complexity index is 753. The highest BCUT2D eigenvalue weighted by atomic mass is 16.4. The van der Waals surface area contributed by atoms with E-state index in [9.17, 15) is 4.79 Å². The Morgan fingerprint density at radius 3 is 2.40 bits per heavy atom. The van der Waals surface area contributed by atoms with Crippen molar-refractivity contribution in [3.05, 3.63) is 52.0 Å². The standard InChI is InChI=1S/C13H8O2/c1-8-10-6-2-4-9-5-3-7-11(9)12(10)15-13(8)14/h2-7H,1H2. The van der Waals surface area contributed by atoms with Crippen molar-refractivity contribution >= 4 is 28.3 Å². The Hall–Kier alpha value is -2.09. The minimum absolute atomic E-state index is 0.348. The second-order valence-corrected chi connectivity index (χ2v) is 3.53. The molecule has 0 N–H and O–H groups in total. The van der Waals surface area contributed by atoms with E-state index in [2.05, 4.69) is 6.58 Å². The van der Waals surface area contributed by atoms with Crippen LogP contribution in [0.25, 0.3) is 28.3 Å². The van der Waals surface area contributed by atoms with Crippen molar-refractivity contribution in [2.75, 3.05) is 0 Å². The van der Waals surface area contributed by atoms with Crippen LogP contribution in [-0.4, -0.2) is 0 Å². The van der Waals surface area contributed by atoms with E-state index in [1.807, 2.05) is 36.4 Å². The van der Waals surface area contributed by atoms with Gasteiger partial charge >= 0.3 is 5.63 Å². The minimum Gasteiger partial charge on any atom is -0.422 e. The Kier molecular flexibility index (Phi) is 1.48. The molecular formula is C13H8O2. The molecule has 2 heteroatoms. The second-order valence-electron chi connectivity index (χ2n) is 3.53. The van der Waals surface area contributed by atoms with Crippen molar-refractivity contribution in [1.29, 1.82) is 0 Å². The minimum atomic E-state index is -0.348. The third-order valence-electron chi connectivity index (χ3n) is 2.64. The lowest BCUT2D eigenvalue weighted by atomic mass is 10.2. The fourth-order valence-corrected chi connectivity index (χ4v) is 1.87. The lowest BCUT2D eigenvalue weighted by molar-refractivity contribution is 0.573. The van der Waals surface area contributed by atoms with E-state index in [1.165, 1.54) is 0 Å². The molecule has 0 saturated heterocycles. The van der Waals surface area contributed by atoms with Crippen molar-refractivity contribution in [2.45, 2.75) is 0 Å². The van der Waals surface area contributed by atoms with Crippen LogP contribution >= 0.6 is 0 Å². The van der Waals surface area contributed by atoms with E-state index in [0.29, 0.717) is 10.8 Å². The van der Waals surface area contributed by atoms with E-state index in [-0.39, 0.29) is 5.63 Å². The SMILES string of the molecule is C=c1c(=O)oc2c1cccc1cccc12. The number of rotatable bonds is 0. The highest BCUT2D eigenvalue weighted by molar-refractivity contribution is 6.03. The van der Waals surface area contributed by atoms with Crippen LogP contribution in [0, 0.1) is 0 Å². The van der Waals surface area contributed by atoms with Crippen LogP contribution in [0.5, 0.6) is 0 Å².